The molecule has 0 aromatic heterocycles. The fourth-order valence-corrected chi connectivity index (χ4v) is 6.81. The van der Waals surface area contributed by atoms with Gasteiger partial charge in [0, 0.05) is 24.1 Å². The summed E-state index contributed by atoms with van der Waals surface area (Å²) < 4.78 is 10.6. The minimum atomic E-state index is -0.140. The molecule has 0 unspecified atom stereocenters. The summed E-state index contributed by atoms with van der Waals surface area (Å²) >= 11 is 0. The van der Waals surface area contributed by atoms with Crippen LogP contribution in [0.25, 0.3) is 0 Å². The van der Waals surface area contributed by atoms with Crippen LogP contribution < -0.4 is 20.1 Å². The van der Waals surface area contributed by atoms with Crippen molar-refractivity contribution in [1.82, 2.24) is 10.6 Å². The number of amides is 2. The Kier molecular flexibility index (Phi) is 6.24. The van der Waals surface area contributed by atoms with E-state index in [0.29, 0.717) is 30.2 Å². The Morgan fingerprint density at radius 2 is 1.35 bits per heavy atom. The zero-order chi connectivity index (χ0) is 23.7. The van der Waals surface area contributed by atoms with Gasteiger partial charge in [0.1, 0.15) is 0 Å². The Labute approximate surface area is 201 Å². The fraction of sp³-hybridized carbons (Fsp3) is 0.500. The van der Waals surface area contributed by atoms with Gasteiger partial charge in [-0.3, -0.25) is 9.59 Å². The lowest BCUT2D eigenvalue weighted by Gasteiger charge is -2.55. The third kappa shape index (κ3) is 4.50. The third-order valence-corrected chi connectivity index (χ3v) is 8.09. The summed E-state index contributed by atoms with van der Waals surface area (Å²) in [6.07, 6.45) is 7.23. The molecule has 6 heteroatoms. The second-order valence-corrected chi connectivity index (χ2v) is 10.4. The summed E-state index contributed by atoms with van der Waals surface area (Å²) in [7, 11) is 3.19. The fourth-order valence-electron chi connectivity index (χ4n) is 6.81. The Bertz CT molecular complexity index is 1030. The van der Waals surface area contributed by atoms with Crippen LogP contribution in [-0.2, 0) is 17.9 Å². The molecule has 2 N–H and O–H groups in total. The highest BCUT2D eigenvalue weighted by Crippen LogP contribution is 2.60. The molecule has 2 amide bonds. The highest BCUT2D eigenvalue weighted by atomic mass is 16.5. The molecule has 2 aromatic carbocycles. The lowest BCUT2D eigenvalue weighted by molar-refractivity contribution is -0.146. The van der Waals surface area contributed by atoms with Crippen LogP contribution in [0.2, 0.25) is 0 Å². The number of benzene rings is 2. The zero-order valence-electron chi connectivity index (χ0n) is 20.1. The van der Waals surface area contributed by atoms with Gasteiger partial charge in [0.2, 0.25) is 5.91 Å². The topological polar surface area (TPSA) is 76.7 Å². The van der Waals surface area contributed by atoms with Gasteiger partial charge in [-0.25, -0.2) is 0 Å². The molecule has 0 heterocycles. The highest BCUT2D eigenvalue weighted by Gasteiger charge is 2.54. The molecule has 34 heavy (non-hydrogen) atoms. The van der Waals surface area contributed by atoms with Crippen molar-refractivity contribution in [3.8, 4) is 11.5 Å². The molecular weight excluding hydrogens is 428 g/mol. The van der Waals surface area contributed by atoms with Crippen LogP contribution >= 0.6 is 0 Å². The Morgan fingerprint density at radius 3 is 1.94 bits per heavy atom. The first-order valence-electron chi connectivity index (χ1n) is 12.3. The van der Waals surface area contributed by atoms with Crippen LogP contribution in [0.4, 0.5) is 0 Å². The van der Waals surface area contributed by atoms with Crippen molar-refractivity contribution in [2.75, 3.05) is 14.2 Å². The lowest BCUT2D eigenvalue weighted by Crippen LogP contribution is -2.53. The summed E-state index contributed by atoms with van der Waals surface area (Å²) in [6, 6.07) is 13.1. The number of methoxy groups -OCH3 is 2. The van der Waals surface area contributed by atoms with Gasteiger partial charge in [0.15, 0.2) is 11.5 Å². The van der Waals surface area contributed by atoms with Gasteiger partial charge in [-0.15, -0.1) is 0 Å². The summed E-state index contributed by atoms with van der Waals surface area (Å²) in [5.74, 6) is 3.66. The summed E-state index contributed by atoms with van der Waals surface area (Å²) in [5, 5.41) is 6.15. The molecule has 0 atom stereocenters. The molecule has 4 saturated carbocycles. The number of carbonyl (C=O) groups is 2. The quantitative estimate of drug-likeness (QED) is 0.607. The van der Waals surface area contributed by atoms with Gasteiger partial charge in [0.25, 0.3) is 5.91 Å². The van der Waals surface area contributed by atoms with Crippen molar-refractivity contribution in [1.29, 1.82) is 0 Å². The van der Waals surface area contributed by atoms with Gasteiger partial charge in [0.05, 0.1) is 14.2 Å². The number of hydrogen-bond donors (Lipinski definition) is 2. The van der Waals surface area contributed by atoms with Crippen LogP contribution in [0.15, 0.2) is 42.5 Å². The van der Waals surface area contributed by atoms with E-state index >= 15 is 0 Å². The van der Waals surface area contributed by atoms with Crippen molar-refractivity contribution in [3.63, 3.8) is 0 Å². The van der Waals surface area contributed by atoms with E-state index in [9.17, 15) is 9.59 Å². The molecule has 0 radical (unpaired) electrons. The second kappa shape index (κ2) is 9.32. The van der Waals surface area contributed by atoms with Gasteiger partial charge >= 0.3 is 0 Å². The first-order valence-corrected chi connectivity index (χ1v) is 12.3. The van der Waals surface area contributed by atoms with Crippen molar-refractivity contribution in [3.05, 3.63) is 59.2 Å². The van der Waals surface area contributed by atoms with E-state index in [-0.39, 0.29) is 17.2 Å². The van der Waals surface area contributed by atoms with E-state index < -0.39 is 0 Å². The number of hydrogen-bond acceptors (Lipinski definition) is 4. The molecule has 0 spiro atoms. The molecule has 4 bridgehead atoms. The van der Waals surface area contributed by atoms with E-state index in [1.165, 1.54) is 19.3 Å². The smallest absolute Gasteiger partial charge is 0.251 e. The predicted molar refractivity (Wildman–Crippen MR) is 130 cm³/mol. The number of nitrogens with one attached hydrogen (secondary N) is 2. The minimum Gasteiger partial charge on any atom is -0.493 e. The van der Waals surface area contributed by atoms with E-state index in [2.05, 4.69) is 10.6 Å². The lowest BCUT2D eigenvalue weighted by atomic mass is 9.49. The maximum Gasteiger partial charge on any atom is 0.251 e. The Morgan fingerprint density at radius 1 is 0.794 bits per heavy atom. The average molecular weight is 463 g/mol. The Balaban J connectivity index is 1.13. The minimum absolute atomic E-state index is 0.126. The van der Waals surface area contributed by atoms with Gasteiger partial charge in [-0.1, -0.05) is 18.2 Å². The predicted octanol–water partition coefficient (Wildman–Crippen LogP) is 4.47. The Hall–Kier alpha value is -3.02. The standard InChI is InChI=1S/C28H34N2O4/c1-33-24-8-5-19(12-25(24)34-2)17-29-26(31)23-6-3-18(4-7-23)16-30-27(32)28-13-20-9-21(14-28)11-22(10-20)15-28/h3-8,12,20-22H,9-11,13-17H2,1-2H3,(H,29,31)(H,30,32). The molecule has 2 aromatic rings. The monoisotopic (exact) mass is 462 g/mol. The van der Waals surface area contributed by atoms with Crippen LogP contribution in [0.1, 0.15) is 60.0 Å². The number of carbonyl (C=O) groups excluding carboxylic acids is 2. The number of rotatable bonds is 8. The first-order chi connectivity index (χ1) is 16.5. The highest BCUT2D eigenvalue weighted by molar-refractivity contribution is 5.94. The van der Waals surface area contributed by atoms with E-state index in [0.717, 1.165) is 48.1 Å². The first kappa shape index (κ1) is 22.8. The van der Waals surface area contributed by atoms with E-state index in [1.807, 2.05) is 42.5 Å². The van der Waals surface area contributed by atoms with Crippen LogP contribution in [-0.4, -0.2) is 26.0 Å². The molecule has 4 aliphatic carbocycles. The van der Waals surface area contributed by atoms with Crippen molar-refractivity contribution >= 4 is 11.8 Å². The van der Waals surface area contributed by atoms with Crippen LogP contribution in [0.5, 0.6) is 11.5 Å². The molecule has 4 aliphatic rings. The molecule has 6 nitrogen and oxygen atoms in total. The van der Waals surface area contributed by atoms with Crippen LogP contribution in [0.3, 0.4) is 0 Å². The molecule has 180 valence electrons. The second-order valence-electron chi connectivity index (χ2n) is 10.4. The van der Waals surface area contributed by atoms with E-state index in [1.54, 1.807) is 14.2 Å². The average Bonchev–Trinajstić information content (AvgIpc) is 2.85. The van der Waals surface area contributed by atoms with E-state index in [4.69, 9.17) is 9.47 Å². The summed E-state index contributed by atoms with van der Waals surface area (Å²) in [4.78, 5) is 25.8. The molecular formula is C28H34N2O4. The molecule has 6 rings (SSSR count). The third-order valence-electron chi connectivity index (χ3n) is 8.09. The molecule has 4 fully saturated rings. The van der Waals surface area contributed by atoms with Gasteiger partial charge in [-0.05, 0) is 91.7 Å². The van der Waals surface area contributed by atoms with Crippen molar-refractivity contribution in [2.24, 2.45) is 23.2 Å². The van der Waals surface area contributed by atoms with Crippen molar-refractivity contribution in [2.45, 2.75) is 51.6 Å². The van der Waals surface area contributed by atoms with Crippen LogP contribution in [0, 0.1) is 23.2 Å². The number of ether oxygens (including phenoxy) is 2. The summed E-state index contributed by atoms with van der Waals surface area (Å²) in [6.45, 7) is 0.899. The maximum atomic E-state index is 13.2. The summed E-state index contributed by atoms with van der Waals surface area (Å²) in [5.41, 5.74) is 2.40. The molecule has 0 saturated heterocycles. The SMILES string of the molecule is COc1ccc(CNC(=O)c2ccc(CNC(=O)C34CC5CC(CC(C5)C3)C4)cc2)cc1OC. The normalized spacial score (nSPS) is 26.7. The van der Waals surface area contributed by atoms with Gasteiger partial charge < -0.3 is 20.1 Å². The molecule has 0 aliphatic heterocycles. The largest absolute Gasteiger partial charge is 0.493 e. The zero-order valence-corrected chi connectivity index (χ0v) is 20.1. The van der Waals surface area contributed by atoms with Gasteiger partial charge in [-0.2, -0.15) is 0 Å². The van der Waals surface area contributed by atoms with Crippen molar-refractivity contribution < 1.29 is 19.1 Å². The maximum absolute atomic E-state index is 13.2.